The van der Waals surface area contributed by atoms with Crippen LogP contribution in [0.25, 0.3) is 21.8 Å². The SMILES string of the molecule is CC(=O)Cn1c2ccc(Cl)cc2c2cc(Cl)ccc21. The van der Waals surface area contributed by atoms with Crippen LogP contribution in [0.1, 0.15) is 6.92 Å². The number of Topliss-reactive ketones (excluding diaryl/α,β-unsaturated/α-hetero) is 1. The molecule has 2 aromatic carbocycles. The van der Waals surface area contributed by atoms with E-state index in [1.165, 1.54) is 0 Å². The lowest BCUT2D eigenvalue weighted by Gasteiger charge is -2.04. The van der Waals surface area contributed by atoms with Crippen LogP contribution in [0.5, 0.6) is 0 Å². The number of fused-ring (bicyclic) bond motifs is 3. The van der Waals surface area contributed by atoms with Crippen LogP contribution in [0.3, 0.4) is 0 Å². The molecule has 1 aromatic heterocycles. The topological polar surface area (TPSA) is 22.0 Å². The van der Waals surface area contributed by atoms with Gasteiger partial charge in [-0.05, 0) is 43.3 Å². The van der Waals surface area contributed by atoms with Crippen molar-refractivity contribution >= 4 is 50.8 Å². The van der Waals surface area contributed by atoms with Gasteiger partial charge in [0.25, 0.3) is 0 Å². The van der Waals surface area contributed by atoms with E-state index in [4.69, 9.17) is 23.2 Å². The Morgan fingerprint density at radius 3 is 1.89 bits per heavy atom. The van der Waals surface area contributed by atoms with Crippen molar-refractivity contribution < 1.29 is 4.79 Å². The number of ketones is 1. The van der Waals surface area contributed by atoms with E-state index < -0.39 is 0 Å². The summed E-state index contributed by atoms with van der Waals surface area (Å²) in [7, 11) is 0. The Kier molecular flexibility index (Phi) is 3.00. The number of halogens is 2. The molecule has 0 aliphatic heterocycles. The van der Waals surface area contributed by atoms with Crippen molar-refractivity contribution in [3.05, 3.63) is 46.4 Å². The van der Waals surface area contributed by atoms with Gasteiger partial charge < -0.3 is 4.57 Å². The Labute approximate surface area is 120 Å². The molecule has 96 valence electrons. The number of carbonyl (C=O) groups excluding carboxylic acids is 1. The molecule has 0 unspecified atom stereocenters. The lowest BCUT2D eigenvalue weighted by Crippen LogP contribution is -2.05. The summed E-state index contributed by atoms with van der Waals surface area (Å²) >= 11 is 12.1. The minimum absolute atomic E-state index is 0.115. The summed E-state index contributed by atoms with van der Waals surface area (Å²) in [5, 5.41) is 3.39. The second-order valence-corrected chi connectivity index (χ2v) is 5.48. The molecule has 1 heterocycles. The molecule has 3 aromatic rings. The fourth-order valence-electron chi connectivity index (χ4n) is 2.44. The highest BCUT2D eigenvalue weighted by molar-refractivity contribution is 6.33. The number of hydrogen-bond donors (Lipinski definition) is 0. The average molecular weight is 292 g/mol. The highest BCUT2D eigenvalue weighted by Crippen LogP contribution is 2.32. The summed E-state index contributed by atoms with van der Waals surface area (Å²) in [5.74, 6) is 0.115. The van der Waals surface area contributed by atoms with Crippen molar-refractivity contribution in [2.45, 2.75) is 13.5 Å². The number of nitrogens with zero attached hydrogens (tertiary/aromatic N) is 1. The average Bonchev–Trinajstić information content (AvgIpc) is 2.62. The third-order valence-electron chi connectivity index (χ3n) is 3.17. The summed E-state index contributed by atoms with van der Waals surface area (Å²) in [6, 6.07) is 11.4. The normalized spacial score (nSPS) is 11.3. The molecule has 0 atom stereocenters. The number of carbonyl (C=O) groups is 1. The quantitative estimate of drug-likeness (QED) is 0.671. The van der Waals surface area contributed by atoms with E-state index >= 15 is 0 Å². The molecule has 2 nitrogen and oxygen atoms in total. The van der Waals surface area contributed by atoms with Gasteiger partial charge in [0.05, 0.1) is 6.54 Å². The predicted molar refractivity (Wildman–Crippen MR) is 80.1 cm³/mol. The summed E-state index contributed by atoms with van der Waals surface area (Å²) in [6.45, 7) is 1.94. The van der Waals surface area contributed by atoms with Gasteiger partial charge in [-0.3, -0.25) is 4.79 Å². The van der Waals surface area contributed by atoms with Crippen LogP contribution >= 0.6 is 23.2 Å². The smallest absolute Gasteiger partial charge is 0.149 e. The van der Waals surface area contributed by atoms with Crippen molar-refractivity contribution in [3.8, 4) is 0 Å². The highest BCUT2D eigenvalue weighted by atomic mass is 35.5. The summed E-state index contributed by atoms with van der Waals surface area (Å²) < 4.78 is 2.00. The first-order valence-corrected chi connectivity index (χ1v) is 6.68. The minimum atomic E-state index is 0.115. The van der Waals surface area contributed by atoms with E-state index in [1.54, 1.807) is 6.92 Å². The first kappa shape index (κ1) is 12.5. The lowest BCUT2D eigenvalue weighted by molar-refractivity contribution is -0.117. The van der Waals surface area contributed by atoms with Crippen molar-refractivity contribution in [2.75, 3.05) is 0 Å². The molecule has 0 aliphatic rings. The zero-order chi connectivity index (χ0) is 13.6. The lowest BCUT2D eigenvalue weighted by atomic mass is 10.1. The van der Waals surface area contributed by atoms with Crippen molar-refractivity contribution in [2.24, 2.45) is 0 Å². The predicted octanol–water partition coefficient (Wildman–Crippen LogP) is 4.69. The van der Waals surface area contributed by atoms with Crippen LogP contribution in [-0.2, 0) is 11.3 Å². The Morgan fingerprint density at radius 1 is 1.00 bits per heavy atom. The van der Waals surface area contributed by atoms with Gasteiger partial charge in [-0.15, -0.1) is 0 Å². The second-order valence-electron chi connectivity index (χ2n) is 4.61. The van der Waals surface area contributed by atoms with Gasteiger partial charge >= 0.3 is 0 Å². The third kappa shape index (κ3) is 2.11. The van der Waals surface area contributed by atoms with Crippen LogP contribution in [0.2, 0.25) is 10.0 Å². The molecule has 0 fully saturated rings. The van der Waals surface area contributed by atoms with Crippen molar-refractivity contribution in [3.63, 3.8) is 0 Å². The van der Waals surface area contributed by atoms with Gasteiger partial charge in [-0.2, -0.15) is 0 Å². The van der Waals surface area contributed by atoms with Crippen LogP contribution in [0, 0.1) is 0 Å². The molecule has 0 aliphatic carbocycles. The van der Waals surface area contributed by atoms with E-state index in [2.05, 4.69) is 0 Å². The summed E-state index contributed by atoms with van der Waals surface area (Å²) in [5.41, 5.74) is 1.99. The number of benzene rings is 2. The van der Waals surface area contributed by atoms with Crippen LogP contribution < -0.4 is 0 Å². The minimum Gasteiger partial charge on any atom is -0.333 e. The molecule has 19 heavy (non-hydrogen) atoms. The van der Waals surface area contributed by atoms with E-state index in [0.29, 0.717) is 16.6 Å². The fourth-order valence-corrected chi connectivity index (χ4v) is 2.79. The number of hydrogen-bond acceptors (Lipinski definition) is 1. The first-order valence-electron chi connectivity index (χ1n) is 5.93. The zero-order valence-electron chi connectivity index (χ0n) is 10.3. The van der Waals surface area contributed by atoms with Crippen molar-refractivity contribution in [1.29, 1.82) is 0 Å². The van der Waals surface area contributed by atoms with E-state index in [-0.39, 0.29) is 5.78 Å². The molecule has 4 heteroatoms. The van der Waals surface area contributed by atoms with Gasteiger partial charge in [-0.25, -0.2) is 0 Å². The molecule has 0 N–H and O–H groups in total. The molecule has 0 bridgehead atoms. The monoisotopic (exact) mass is 291 g/mol. The van der Waals surface area contributed by atoms with Gasteiger partial charge in [0.2, 0.25) is 0 Å². The molecule has 0 amide bonds. The van der Waals surface area contributed by atoms with E-state index in [1.807, 2.05) is 41.0 Å². The molecule has 0 radical (unpaired) electrons. The van der Waals surface area contributed by atoms with E-state index in [0.717, 1.165) is 21.8 Å². The fraction of sp³-hybridized carbons (Fsp3) is 0.133. The molecule has 3 rings (SSSR count). The summed E-state index contributed by atoms with van der Waals surface area (Å²) in [4.78, 5) is 11.5. The van der Waals surface area contributed by atoms with Gasteiger partial charge in [0.15, 0.2) is 0 Å². The molecular weight excluding hydrogens is 281 g/mol. The second kappa shape index (κ2) is 4.55. The Hall–Kier alpha value is -1.51. The molecule has 0 spiro atoms. The zero-order valence-corrected chi connectivity index (χ0v) is 11.8. The van der Waals surface area contributed by atoms with Gasteiger partial charge in [-0.1, -0.05) is 23.2 Å². The summed E-state index contributed by atoms with van der Waals surface area (Å²) in [6.07, 6.45) is 0. The first-order chi connectivity index (χ1) is 9.06. The van der Waals surface area contributed by atoms with E-state index in [9.17, 15) is 4.79 Å². The largest absolute Gasteiger partial charge is 0.333 e. The van der Waals surface area contributed by atoms with Crippen LogP contribution in [-0.4, -0.2) is 10.4 Å². The Bertz CT molecular complexity index is 745. The highest BCUT2D eigenvalue weighted by Gasteiger charge is 2.12. The van der Waals surface area contributed by atoms with Crippen LogP contribution in [0.4, 0.5) is 0 Å². The van der Waals surface area contributed by atoms with Gasteiger partial charge in [0.1, 0.15) is 5.78 Å². The third-order valence-corrected chi connectivity index (χ3v) is 3.64. The van der Waals surface area contributed by atoms with Crippen LogP contribution in [0.15, 0.2) is 36.4 Å². The standard InChI is InChI=1S/C15H11Cl2NO/c1-9(19)8-18-14-4-2-10(16)6-12(14)13-7-11(17)3-5-15(13)18/h2-7H,8H2,1H3. The van der Waals surface area contributed by atoms with Crippen molar-refractivity contribution in [1.82, 2.24) is 4.57 Å². The molecular formula is C15H11Cl2NO. The maximum Gasteiger partial charge on any atom is 0.149 e. The number of aromatic nitrogens is 1. The Balaban J connectivity index is 2.46. The Morgan fingerprint density at radius 2 is 1.47 bits per heavy atom. The number of rotatable bonds is 2. The molecule has 0 saturated heterocycles. The maximum atomic E-state index is 11.5. The maximum absolute atomic E-state index is 11.5. The van der Waals surface area contributed by atoms with Gasteiger partial charge in [0, 0.05) is 31.9 Å². The molecule has 0 saturated carbocycles.